The fourth-order valence-corrected chi connectivity index (χ4v) is 5.39. The lowest BCUT2D eigenvalue weighted by Gasteiger charge is -2.33. The maximum atomic E-state index is 12.7. The van der Waals surface area contributed by atoms with Gasteiger partial charge in [0, 0.05) is 35.3 Å². The Morgan fingerprint density at radius 2 is 2.07 bits per heavy atom. The van der Waals surface area contributed by atoms with Crippen molar-refractivity contribution in [2.45, 2.75) is 38.8 Å². The Bertz CT molecular complexity index is 1060. The molecule has 0 bridgehead atoms. The van der Waals surface area contributed by atoms with Crippen molar-refractivity contribution >= 4 is 38.7 Å². The summed E-state index contributed by atoms with van der Waals surface area (Å²) in [5.41, 5.74) is 1.54. The number of sulfone groups is 1. The van der Waals surface area contributed by atoms with Gasteiger partial charge in [0.1, 0.15) is 0 Å². The Balaban J connectivity index is 1.63. The number of carbonyl (C=O) groups excluding carboxylic acids is 2. The zero-order valence-corrected chi connectivity index (χ0v) is 18.0. The van der Waals surface area contributed by atoms with E-state index in [1.54, 1.807) is 17.2 Å². The van der Waals surface area contributed by atoms with Gasteiger partial charge in [-0.2, -0.15) is 0 Å². The Kier molecular flexibility index (Phi) is 6.87. The lowest BCUT2D eigenvalue weighted by Crippen LogP contribution is -2.48. The zero-order valence-electron chi connectivity index (χ0n) is 17.2. The summed E-state index contributed by atoms with van der Waals surface area (Å²) in [4.78, 5) is 30.8. The molecule has 160 valence electrons. The van der Waals surface area contributed by atoms with Gasteiger partial charge in [-0.1, -0.05) is 31.2 Å². The largest absolute Gasteiger partial charge is 0.452 e. The molecule has 7 nitrogen and oxygen atoms in total. The maximum absolute atomic E-state index is 12.7. The molecule has 1 aliphatic heterocycles. The molecule has 0 spiro atoms. The van der Waals surface area contributed by atoms with E-state index in [0.717, 1.165) is 16.5 Å². The molecule has 2 unspecified atom stereocenters. The highest BCUT2D eigenvalue weighted by Crippen LogP contribution is 2.21. The minimum atomic E-state index is -3.12. The van der Waals surface area contributed by atoms with Crippen LogP contribution in [-0.4, -0.2) is 60.4 Å². The summed E-state index contributed by atoms with van der Waals surface area (Å²) >= 11 is 0. The average molecular weight is 431 g/mol. The van der Waals surface area contributed by atoms with E-state index >= 15 is 0 Å². The number of aromatic nitrogens is 1. The second kappa shape index (κ2) is 9.38. The number of carbonyl (C=O) groups is 2. The van der Waals surface area contributed by atoms with Crippen LogP contribution in [0.2, 0.25) is 0 Å². The monoisotopic (exact) mass is 430 g/mol. The highest BCUT2D eigenvalue weighted by Gasteiger charge is 2.36. The van der Waals surface area contributed by atoms with Crippen LogP contribution >= 0.6 is 0 Å². The van der Waals surface area contributed by atoms with Gasteiger partial charge in [0.05, 0.1) is 17.0 Å². The van der Waals surface area contributed by atoms with Crippen LogP contribution in [0.15, 0.2) is 42.6 Å². The quantitative estimate of drug-likeness (QED) is 0.495. The third-order valence-corrected chi connectivity index (χ3v) is 7.11. The summed E-state index contributed by atoms with van der Waals surface area (Å²) < 4.78 is 28.8. The first kappa shape index (κ1) is 22.0. The van der Waals surface area contributed by atoms with Gasteiger partial charge in [-0.15, -0.1) is 0 Å². The number of esters is 1. The van der Waals surface area contributed by atoms with Gasteiger partial charge in [-0.05, 0) is 31.9 Å². The van der Waals surface area contributed by atoms with Crippen LogP contribution in [0.5, 0.6) is 0 Å². The minimum Gasteiger partial charge on any atom is -0.452 e. The summed E-state index contributed by atoms with van der Waals surface area (Å²) in [5.74, 6) is -0.968. The molecular weight excluding hydrogens is 404 g/mol. The third-order valence-electron chi connectivity index (χ3n) is 5.36. The second-order valence-electron chi connectivity index (χ2n) is 7.48. The predicted octanol–water partition coefficient (Wildman–Crippen LogP) is 2.61. The first-order valence-corrected chi connectivity index (χ1v) is 11.8. The smallest absolute Gasteiger partial charge is 0.331 e. The molecule has 30 heavy (non-hydrogen) atoms. The zero-order chi connectivity index (χ0) is 21.7. The van der Waals surface area contributed by atoms with Crippen LogP contribution in [0.1, 0.15) is 32.3 Å². The lowest BCUT2D eigenvalue weighted by atomic mass is 10.1. The molecule has 1 fully saturated rings. The normalized spacial score (nSPS) is 19.1. The molecule has 2 aromatic rings. The molecule has 0 radical (unpaired) electrons. The summed E-state index contributed by atoms with van der Waals surface area (Å²) in [5, 5.41) is 0.957. The number of fused-ring (bicyclic) bond motifs is 1. The Morgan fingerprint density at radius 3 is 2.77 bits per heavy atom. The molecule has 0 aliphatic carbocycles. The van der Waals surface area contributed by atoms with Crippen molar-refractivity contribution in [2.75, 3.05) is 18.1 Å². The first-order valence-electron chi connectivity index (χ1n) is 10.0. The average Bonchev–Trinajstić information content (AvgIpc) is 3.09. The number of para-hydroxylation sites is 1. The highest BCUT2D eigenvalue weighted by atomic mass is 32.2. The standard InChI is InChI=1S/C22H26N2O5S/c1-3-16(2)24(19-11-13-30(27,28)15-19)20(25)14-29-21(26)10-9-18-7-4-6-17-8-5-12-23-22(17)18/h4-10,12,16,19H,3,11,13-15H2,1-2H3/b10-9+. The van der Waals surface area contributed by atoms with Crippen LogP contribution < -0.4 is 0 Å². The Morgan fingerprint density at radius 1 is 1.30 bits per heavy atom. The van der Waals surface area contributed by atoms with Gasteiger partial charge < -0.3 is 9.64 Å². The van der Waals surface area contributed by atoms with Gasteiger partial charge in [0.25, 0.3) is 5.91 Å². The maximum Gasteiger partial charge on any atom is 0.331 e. The number of nitrogens with zero attached hydrogens (tertiary/aromatic N) is 2. The van der Waals surface area contributed by atoms with E-state index in [9.17, 15) is 18.0 Å². The number of benzene rings is 1. The molecule has 1 aromatic carbocycles. The van der Waals surface area contributed by atoms with Crippen molar-refractivity contribution in [1.82, 2.24) is 9.88 Å². The molecule has 1 aromatic heterocycles. The molecule has 1 saturated heterocycles. The molecular formula is C22H26N2O5S. The fourth-order valence-electron chi connectivity index (χ4n) is 3.68. The van der Waals surface area contributed by atoms with Gasteiger partial charge in [0.15, 0.2) is 16.4 Å². The van der Waals surface area contributed by atoms with Gasteiger partial charge in [-0.3, -0.25) is 9.78 Å². The summed E-state index contributed by atoms with van der Waals surface area (Å²) in [6.07, 6.45) is 5.66. The number of rotatable bonds is 7. The van der Waals surface area contributed by atoms with E-state index in [0.29, 0.717) is 12.8 Å². The van der Waals surface area contributed by atoms with Crippen LogP contribution in [0.4, 0.5) is 0 Å². The number of amides is 1. The van der Waals surface area contributed by atoms with Crippen LogP contribution in [-0.2, 0) is 24.2 Å². The minimum absolute atomic E-state index is 0.0367. The van der Waals surface area contributed by atoms with E-state index < -0.39 is 22.4 Å². The van der Waals surface area contributed by atoms with Crippen molar-refractivity contribution in [3.63, 3.8) is 0 Å². The number of pyridine rings is 1. The molecule has 1 aliphatic rings. The van der Waals surface area contributed by atoms with Crippen molar-refractivity contribution < 1.29 is 22.7 Å². The summed E-state index contributed by atoms with van der Waals surface area (Å²) in [7, 11) is -3.12. The molecule has 3 rings (SSSR count). The van der Waals surface area contributed by atoms with Crippen LogP contribution in [0, 0.1) is 0 Å². The van der Waals surface area contributed by atoms with Gasteiger partial charge in [0.2, 0.25) is 0 Å². The molecule has 8 heteroatoms. The SMILES string of the molecule is CCC(C)N(C(=O)COC(=O)/C=C/c1cccc2cccnc12)C1CCS(=O)(=O)C1. The Labute approximate surface area is 176 Å². The fraction of sp³-hybridized carbons (Fsp3) is 0.409. The van der Waals surface area contributed by atoms with Crippen LogP contribution in [0.25, 0.3) is 17.0 Å². The van der Waals surface area contributed by atoms with Gasteiger partial charge in [-0.25, -0.2) is 13.2 Å². The van der Waals surface area contributed by atoms with Crippen molar-refractivity contribution in [1.29, 1.82) is 0 Å². The van der Waals surface area contributed by atoms with E-state index in [4.69, 9.17) is 4.74 Å². The molecule has 2 atom stereocenters. The number of ether oxygens (including phenoxy) is 1. The first-order chi connectivity index (χ1) is 14.3. The molecule has 0 N–H and O–H groups in total. The van der Waals surface area contributed by atoms with Crippen molar-refractivity contribution in [3.8, 4) is 0 Å². The molecule has 1 amide bonds. The summed E-state index contributed by atoms with van der Waals surface area (Å²) in [6, 6.07) is 8.93. The van der Waals surface area contributed by atoms with Crippen molar-refractivity contribution in [3.05, 3.63) is 48.2 Å². The number of hydrogen-bond acceptors (Lipinski definition) is 6. The Hall–Kier alpha value is -2.74. The molecule has 0 saturated carbocycles. The van der Waals surface area contributed by atoms with Gasteiger partial charge >= 0.3 is 5.97 Å². The second-order valence-corrected chi connectivity index (χ2v) is 9.71. The number of hydrogen-bond donors (Lipinski definition) is 0. The summed E-state index contributed by atoms with van der Waals surface area (Å²) in [6.45, 7) is 3.39. The van der Waals surface area contributed by atoms with Crippen LogP contribution in [0.3, 0.4) is 0 Å². The van der Waals surface area contributed by atoms with E-state index in [2.05, 4.69) is 4.98 Å². The third kappa shape index (κ3) is 5.24. The highest BCUT2D eigenvalue weighted by molar-refractivity contribution is 7.91. The van der Waals surface area contributed by atoms with E-state index in [1.807, 2.05) is 44.2 Å². The lowest BCUT2D eigenvalue weighted by molar-refractivity contribution is -0.150. The molecule has 2 heterocycles. The predicted molar refractivity (Wildman–Crippen MR) is 115 cm³/mol. The van der Waals surface area contributed by atoms with Crippen molar-refractivity contribution in [2.24, 2.45) is 0 Å². The topological polar surface area (TPSA) is 93.6 Å². The van der Waals surface area contributed by atoms with E-state index in [-0.39, 0.29) is 29.5 Å². The van der Waals surface area contributed by atoms with E-state index in [1.165, 1.54) is 6.08 Å².